The third kappa shape index (κ3) is 31.9. The Kier molecular flexibility index (Phi) is 43.5. The van der Waals surface area contributed by atoms with Crippen LogP contribution in [0.25, 0.3) is 22.3 Å². The van der Waals surface area contributed by atoms with Crippen molar-refractivity contribution in [3.63, 3.8) is 0 Å². The number of carboxylic acids is 1. The van der Waals surface area contributed by atoms with Gasteiger partial charge in [0.1, 0.15) is 25.6 Å². The second-order valence-electron chi connectivity index (χ2n) is 34.9. The number of aryl methyl sites for hydroxylation is 4. The molecule has 0 amide bonds. The molecule has 696 valence electrons. The Morgan fingerprint density at radius 2 is 0.631 bits per heavy atom. The van der Waals surface area contributed by atoms with Gasteiger partial charge in [0, 0.05) is 31.6 Å². The molecule has 0 aliphatic heterocycles. The van der Waals surface area contributed by atoms with Crippen molar-refractivity contribution in [3.05, 3.63) is 293 Å². The summed E-state index contributed by atoms with van der Waals surface area (Å²) in [5.41, 5.74) is 15.1. The molecule has 4 N–H and O–H groups in total. The van der Waals surface area contributed by atoms with Crippen LogP contribution in [-0.2, 0) is 44.6 Å². The average molecular weight is 1840 g/mol. The van der Waals surface area contributed by atoms with E-state index in [9.17, 15) is 49.4 Å². The van der Waals surface area contributed by atoms with Crippen molar-refractivity contribution in [2.45, 2.75) is 283 Å². The summed E-state index contributed by atoms with van der Waals surface area (Å²) in [7, 11) is 4.26. The summed E-state index contributed by atoms with van der Waals surface area (Å²) < 4.78 is 20.3. The number of unbranched alkanes of at least 4 members (excludes halogenated alkanes) is 8. The fourth-order valence-electron chi connectivity index (χ4n) is 18.2. The lowest BCUT2D eigenvalue weighted by molar-refractivity contribution is -0.384. The molecule has 13 rings (SSSR count). The fraction of sp³-hybridized carbons (Fsp3) is 0.464. The second-order valence-corrected chi connectivity index (χ2v) is 39.5. The number of carbonyl (C=O) groups excluding carboxylic acids is 4. The molecule has 4 aliphatic carbocycles. The van der Waals surface area contributed by atoms with Crippen LogP contribution < -0.4 is 0 Å². The molecule has 9 aromatic rings. The molecule has 4 aromatic heterocycles. The van der Waals surface area contributed by atoms with E-state index in [0.29, 0.717) is 48.7 Å². The highest BCUT2D eigenvalue weighted by Gasteiger charge is 2.28. The fourth-order valence-corrected chi connectivity index (χ4v) is 22.0. The van der Waals surface area contributed by atoms with Gasteiger partial charge < -0.3 is 39.4 Å². The molecule has 0 saturated heterocycles. The van der Waals surface area contributed by atoms with Gasteiger partial charge in [0.05, 0.1) is 50.1 Å². The summed E-state index contributed by atoms with van der Waals surface area (Å²) in [5.74, 6) is 0.206. The zero-order chi connectivity index (χ0) is 92.5. The molecule has 0 unspecified atom stereocenters. The number of ether oxygens (including phenoxy) is 4. The summed E-state index contributed by atoms with van der Waals surface area (Å²) in [6.07, 6.45) is 46.8. The Morgan fingerprint density at radius 1 is 0.354 bits per heavy atom. The molecule has 0 bridgehead atoms. The number of carbonyl (C=O) groups is 5. The number of aliphatic hydroxyl groups is 3. The van der Waals surface area contributed by atoms with E-state index < -0.39 is 16.9 Å². The van der Waals surface area contributed by atoms with Crippen LogP contribution in [0, 0.1) is 33.8 Å². The number of hydrogen-bond acceptors (Lipinski definition) is 18. The number of non-ortho nitro benzene ring substituents is 1. The third-order valence-corrected chi connectivity index (χ3v) is 30.1. The normalized spacial score (nSPS) is 16.5. The van der Waals surface area contributed by atoms with E-state index in [1.807, 2.05) is 42.5 Å². The van der Waals surface area contributed by atoms with Gasteiger partial charge in [-0.3, -0.25) is 10.1 Å². The van der Waals surface area contributed by atoms with Gasteiger partial charge in [0.15, 0.2) is 0 Å². The average Bonchev–Trinajstić information content (AvgIpc) is 1.63. The zero-order valence-corrected chi connectivity index (χ0v) is 80.7. The van der Waals surface area contributed by atoms with Crippen molar-refractivity contribution in [1.82, 2.24) is 0 Å². The summed E-state index contributed by atoms with van der Waals surface area (Å²) in [4.78, 5) is 76.6. The standard InChI is InChI=1S/C33H37NO6S.2C26H34O3S.C25H32O3S/c1-3-4-5-12-30(40-32(35)26-17-19-27(20-18-26)34(37)38)25-15-13-24(14-16-25)29-11-7-9-23(29)8-6-10-28-21-22-31(41-28)33(36)39-2;2*1-3-4-5-12-24(27)21-15-13-20(14-16-21)23-11-7-9-19(23)8-6-10-22-17-18-25(30-22)26(28)29-2;1-2-3-4-11-23(26)20-14-12-19(13-15-20)22-10-6-8-18(22)7-5-9-21-16-17-24(29-21)25(27)28/h11,13-23,30H,3-10,12H2,1-2H3;2*11,13-19,24,27H,3-10,12H2,1-2H3;10,12-18,23,26H,2-9,11H2,1H3,(H,27,28)/t23-,30+;19-,24+;19-,24-;18-,23+/m0000/s1. The number of carboxylic acid groups (broad SMARTS) is 1. The highest BCUT2D eigenvalue weighted by molar-refractivity contribution is 7.15. The molecule has 4 aliphatic rings. The summed E-state index contributed by atoms with van der Waals surface area (Å²) in [6, 6.07) is 54.9. The molecular formula is C110H137NO15S4. The van der Waals surface area contributed by atoms with Gasteiger partial charge in [-0.2, -0.15) is 0 Å². The predicted octanol–water partition coefficient (Wildman–Crippen LogP) is 29.5. The van der Waals surface area contributed by atoms with Crippen LogP contribution in [0.3, 0.4) is 0 Å². The Labute approximate surface area is 787 Å². The van der Waals surface area contributed by atoms with Crippen molar-refractivity contribution >= 4 is 103 Å². The monoisotopic (exact) mass is 1840 g/mol. The van der Waals surface area contributed by atoms with Gasteiger partial charge in [-0.15, -0.1) is 45.3 Å². The predicted molar refractivity (Wildman–Crippen MR) is 531 cm³/mol. The van der Waals surface area contributed by atoms with Gasteiger partial charge in [-0.05, 0) is 312 Å². The van der Waals surface area contributed by atoms with Crippen LogP contribution in [0.4, 0.5) is 5.69 Å². The molecule has 20 heteroatoms. The maximum absolute atomic E-state index is 12.9. The first-order chi connectivity index (χ1) is 63.2. The van der Waals surface area contributed by atoms with Crippen molar-refractivity contribution in [2.75, 3.05) is 21.3 Å². The molecule has 0 saturated carbocycles. The molecule has 0 fully saturated rings. The van der Waals surface area contributed by atoms with Gasteiger partial charge in [-0.25, -0.2) is 24.0 Å². The van der Waals surface area contributed by atoms with E-state index in [1.165, 1.54) is 198 Å². The Hall–Kier alpha value is -9.51. The van der Waals surface area contributed by atoms with Crippen molar-refractivity contribution in [1.29, 1.82) is 0 Å². The number of aliphatic hydroxyl groups excluding tert-OH is 3. The van der Waals surface area contributed by atoms with E-state index in [1.54, 1.807) is 28.7 Å². The van der Waals surface area contributed by atoms with Gasteiger partial charge in [0.2, 0.25) is 0 Å². The summed E-state index contributed by atoms with van der Waals surface area (Å²) in [5, 5.41) is 51.1. The maximum atomic E-state index is 12.9. The van der Waals surface area contributed by atoms with Crippen molar-refractivity contribution in [3.8, 4) is 0 Å². The number of allylic oxidation sites excluding steroid dienone is 8. The molecule has 130 heavy (non-hydrogen) atoms. The molecular weight excluding hydrogens is 1700 g/mol. The van der Waals surface area contributed by atoms with E-state index >= 15 is 0 Å². The van der Waals surface area contributed by atoms with E-state index in [-0.39, 0.29) is 48.0 Å². The maximum Gasteiger partial charge on any atom is 0.348 e. The quantitative estimate of drug-likeness (QED) is 0.00911. The first kappa shape index (κ1) is 103. The smallest absolute Gasteiger partial charge is 0.348 e. The molecule has 16 nitrogen and oxygen atoms in total. The molecule has 5 aromatic carbocycles. The largest absolute Gasteiger partial charge is 0.477 e. The lowest BCUT2D eigenvalue weighted by atomic mass is 9.89. The lowest BCUT2D eigenvalue weighted by Gasteiger charge is -2.20. The number of nitro groups is 1. The van der Waals surface area contributed by atoms with E-state index in [0.717, 1.165) is 188 Å². The number of esters is 4. The van der Waals surface area contributed by atoms with Gasteiger partial charge >= 0.3 is 29.8 Å². The molecule has 4 heterocycles. The summed E-state index contributed by atoms with van der Waals surface area (Å²) in [6.45, 7) is 8.69. The Morgan fingerprint density at radius 3 is 0.900 bits per heavy atom. The number of aromatic carboxylic acids is 1. The van der Waals surface area contributed by atoms with Crippen LogP contribution in [0.1, 0.15) is 371 Å². The van der Waals surface area contributed by atoms with Crippen LogP contribution in [-0.4, -0.2) is 76.5 Å². The number of nitrogens with zero attached hydrogens (tertiary/aromatic N) is 1. The minimum atomic E-state index is -0.832. The van der Waals surface area contributed by atoms with E-state index in [2.05, 4.69) is 149 Å². The number of methoxy groups -OCH3 is 3. The highest BCUT2D eigenvalue weighted by atomic mass is 32.1. The van der Waals surface area contributed by atoms with Gasteiger partial charge in [0.25, 0.3) is 5.69 Å². The Balaban J connectivity index is 0.000000182. The van der Waals surface area contributed by atoms with Crippen LogP contribution in [0.2, 0.25) is 0 Å². The van der Waals surface area contributed by atoms with Gasteiger partial charge in [-0.1, -0.05) is 220 Å². The first-order valence-corrected chi connectivity index (χ1v) is 51.0. The summed E-state index contributed by atoms with van der Waals surface area (Å²) >= 11 is 5.99. The van der Waals surface area contributed by atoms with Crippen molar-refractivity contribution < 1.29 is 68.3 Å². The first-order valence-electron chi connectivity index (χ1n) is 47.8. The Bertz CT molecular complexity index is 4960. The van der Waals surface area contributed by atoms with E-state index in [4.69, 9.17) is 24.1 Å². The number of thiophene rings is 4. The third-order valence-electron chi connectivity index (χ3n) is 25.6. The number of rotatable bonds is 47. The zero-order valence-electron chi connectivity index (χ0n) is 77.4. The minimum Gasteiger partial charge on any atom is -0.477 e. The molecule has 0 spiro atoms. The SMILES string of the molecule is CCCCC[C@@H](O)c1ccc(C2=CCC[C@@H]2CCCc2ccc(C(=O)O)s2)cc1.CCCCC[C@@H](O)c1ccc(C2=CCC[C@@H]2CCCc2ccc(C(=O)OC)s2)cc1.CCCCC[C@@H](OC(=O)c1ccc([N+](=O)[O-])cc1)c1ccc(C2=CCC[C@@H]2CCCc2ccc(C(=O)OC)s2)cc1.CCCCC[C@H](O)c1ccc(C2=CCC[C@@H]2CCCc2ccc(C(=O)OC)s2)cc1. The number of hydrogen-bond donors (Lipinski definition) is 4. The van der Waals surface area contributed by atoms with Crippen LogP contribution >= 0.6 is 45.3 Å². The molecule has 8 atom stereocenters. The second kappa shape index (κ2) is 55.1. The minimum absolute atomic E-state index is 0.0598. The molecule has 0 radical (unpaired) electrons. The highest BCUT2D eigenvalue weighted by Crippen LogP contribution is 2.44. The topological polar surface area (TPSA) is 246 Å². The number of nitro benzene ring substituents is 1. The van der Waals surface area contributed by atoms with Crippen LogP contribution in [0.15, 0.2) is 194 Å². The van der Waals surface area contributed by atoms with Crippen molar-refractivity contribution in [2.24, 2.45) is 23.7 Å². The lowest BCUT2D eigenvalue weighted by Crippen LogP contribution is -2.12. The number of benzene rings is 5. The van der Waals surface area contributed by atoms with Crippen LogP contribution in [0.5, 0.6) is 0 Å².